The van der Waals surface area contributed by atoms with Crippen molar-refractivity contribution < 1.29 is 40.3 Å². The number of carbonyl (C=O) groups is 2. The maximum Gasteiger partial charge on any atom is 0.435 e. The molecule has 10 heteroatoms. The summed E-state index contributed by atoms with van der Waals surface area (Å²) in [6.45, 7) is 5.86. The van der Waals surface area contributed by atoms with Gasteiger partial charge in [-0.1, -0.05) is 43.3 Å². The van der Waals surface area contributed by atoms with E-state index in [-0.39, 0.29) is 47.0 Å². The summed E-state index contributed by atoms with van der Waals surface area (Å²) in [5.41, 5.74) is -5.86. The second-order valence-electron chi connectivity index (χ2n) is 8.08. The van der Waals surface area contributed by atoms with Crippen LogP contribution in [0.15, 0.2) is 36.4 Å². The van der Waals surface area contributed by atoms with E-state index >= 15 is 0 Å². The second-order valence-corrected chi connectivity index (χ2v) is 8.08. The number of carbonyl (C=O) groups excluding carboxylic acids is 2. The van der Waals surface area contributed by atoms with Gasteiger partial charge >= 0.3 is 18.0 Å². The van der Waals surface area contributed by atoms with Crippen LogP contribution in [-0.2, 0) is 23.3 Å². The molecule has 0 radical (unpaired) electrons. The number of Topliss-reactive ketones (excluding diaryl/α,β-unsaturated/α-hetero) is 1. The Bertz CT molecular complexity index is 1040. The topological polar surface area (TPSA) is 46.2 Å². The van der Waals surface area contributed by atoms with Gasteiger partial charge < -0.3 is 5.32 Å². The SMILES string of the molecule is CCc1cc(C(F)(C(F)(F)F)C(F)(F)F)cc(C)c1CC(=O)c1ccc(C(C)NC(C)=O)cc1. The van der Waals surface area contributed by atoms with Crippen molar-refractivity contribution in [1.29, 1.82) is 0 Å². The summed E-state index contributed by atoms with van der Waals surface area (Å²) in [4.78, 5) is 24.0. The Kier molecular flexibility index (Phi) is 7.84. The predicted molar refractivity (Wildman–Crippen MR) is 112 cm³/mol. The quantitative estimate of drug-likeness (QED) is 0.357. The molecule has 0 saturated heterocycles. The molecule has 2 rings (SSSR count). The Morgan fingerprint density at radius 2 is 1.47 bits per heavy atom. The van der Waals surface area contributed by atoms with E-state index in [1.807, 2.05) is 0 Å². The molecule has 0 saturated carbocycles. The predicted octanol–water partition coefficient (Wildman–Crippen LogP) is 6.47. The monoisotopic (exact) mass is 491 g/mol. The number of ketones is 1. The molecule has 2 aromatic carbocycles. The molecule has 186 valence electrons. The molecular formula is C24H24F7NO2. The van der Waals surface area contributed by atoms with E-state index in [0.717, 1.165) is 5.56 Å². The zero-order valence-electron chi connectivity index (χ0n) is 18.9. The van der Waals surface area contributed by atoms with Crippen LogP contribution in [-0.4, -0.2) is 24.0 Å². The first kappa shape index (κ1) is 27.3. The van der Waals surface area contributed by atoms with Gasteiger partial charge in [0.2, 0.25) is 5.91 Å². The smallest absolute Gasteiger partial charge is 0.350 e. The Morgan fingerprint density at radius 1 is 0.941 bits per heavy atom. The number of amides is 1. The standard InChI is InChI=1S/C24H24F7NO2/c1-5-16-11-19(22(25,23(26,27)28)24(29,30)31)10-13(2)20(16)12-21(34)18-8-6-17(7-9-18)14(3)32-15(4)33/h6-11,14H,5,12H2,1-4H3,(H,32,33). The maximum atomic E-state index is 14.5. The van der Waals surface area contributed by atoms with Crippen LogP contribution in [0.2, 0.25) is 0 Å². The van der Waals surface area contributed by atoms with Gasteiger partial charge in [0.15, 0.2) is 5.78 Å². The molecule has 1 unspecified atom stereocenters. The number of aryl methyl sites for hydroxylation is 2. The van der Waals surface area contributed by atoms with Crippen LogP contribution in [0, 0.1) is 6.92 Å². The van der Waals surface area contributed by atoms with E-state index < -0.39 is 29.4 Å². The van der Waals surface area contributed by atoms with Crippen molar-refractivity contribution in [3.05, 3.63) is 69.8 Å². The zero-order chi connectivity index (χ0) is 26.1. The highest BCUT2D eigenvalue weighted by atomic mass is 19.4. The van der Waals surface area contributed by atoms with Gasteiger partial charge in [-0.25, -0.2) is 4.39 Å². The van der Waals surface area contributed by atoms with Gasteiger partial charge in [0.25, 0.3) is 0 Å². The molecule has 0 spiro atoms. The molecular weight excluding hydrogens is 467 g/mol. The molecule has 0 fully saturated rings. The highest BCUT2D eigenvalue weighted by Gasteiger charge is 2.73. The van der Waals surface area contributed by atoms with Gasteiger partial charge in [0.1, 0.15) is 0 Å². The molecule has 1 amide bonds. The number of nitrogens with one attached hydrogen (secondary N) is 1. The number of halogens is 7. The largest absolute Gasteiger partial charge is 0.435 e. The molecule has 2 aromatic rings. The Morgan fingerprint density at radius 3 is 1.91 bits per heavy atom. The number of alkyl halides is 7. The van der Waals surface area contributed by atoms with Crippen molar-refractivity contribution in [1.82, 2.24) is 5.32 Å². The molecule has 1 N–H and O–H groups in total. The van der Waals surface area contributed by atoms with E-state index in [1.54, 1.807) is 19.1 Å². The fourth-order valence-corrected chi connectivity index (χ4v) is 3.75. The Balaban J connectivity index is 2.41. The van der Waals surface area contributed by atoms with Gasteiger partial charge in [0.05, 0.1) is 6.04 Å². The highest BCUT2D eigenvalue weighted by Crippen LogP contribution is 2.53. The summed E-state index contributed by atoms with van der Waals surface area (Å²) in [6.07, 6.45) is -12.7. The molecule has 1 atom stereocenters. The highest BCUT2D eigenvalue weighted by molar-refractivity contribution is 5.97. The summed E-state index contributed by atoms with van der Waals surface area (Å²) in [5.74, 6) is -0.644. The fourth-order valence-electron chi connectivity index (χ4n) is 3.75. The molecule has 3 nitrogen and oxygen atoms in total. The maximum absolute atomic E-state index is 14.5. The number of rotatable bonds is 7. The van der Waals surface area contributed by atoms with Crippen LogP contribution in [0.5, 0.6) is 0 Å². The van der Waals surface area contributed by atoms with Gasteiger partial charge in [-0.3, -0.25) is 9.59 Å². The van der Waals surface area contributed by atoms with Crippen molar-refractivity contribution in [3.63, 3.8) is 0 Å². The number of hydrogen-bond acceptors (Lipinski definition) is 2. The van der Waals surface area contributed by atoms with Crippen LogP contribution in [0.25, 0.3) is 0 Å². The van der Waals surface area contributed by atoms with Crippen molar-refractivity contribution >= 4 is 11.7 Å². The molecule has 0 aromatic heterocycles. The minimum atomic E-state index is -6.21. The lowest BCUT2D eigenvalue weighted by Crippen LogP contribution is -2.50. The molecule has 0 aliphatic rings. The van der Waals surface area contributed by atoms with Crippen molar-refractivity contribution in [2.24, 2.45) is 0 Å². The van der Waals surface area contributed by atoms with Gasteiger partial charge in [-0.15, -0.1) is 0 Å². The lowest BCUT2D eigenvalue weighted by Gasteiger charge is -2.31. The van der Waals surface area contributed by atoms with Crippen LogP contribution in [0.4, 0.5) is 30.7 Å². The van der Waals surface area contributed by atoms with Crippen LogP contribution in [0.1, 0.15) is 65.0 Å². The van der Waals surface area contributed by atoms with E-state index in [1.165, 1.54) is 32.9 Å². The van der Waals surface area contributed by atoms with Gasteiger partial charge in [-0.2, -0.15) is 26.3 Å². The average Bonchev–Trinajstić information content (AvgIpc) is 2.72. The van der Waals surface area contributed by atoms with E-state index in [0.29, 0.717) is 12.1 Å². The molecule has 0 heterocycles. The van der Waals surface area contributed by atoms with Crippen molar-refractivity contribution in [2.45, 2.75) is 64.6 Å². The third-order valence-corrected chi connectivity index (χ3v) is 5.62. The first-order chi connectivity index (χ1) is 15.5. The first-order valence-corrected chi connectivity index (χ1v) is 10.4. The summed E-state index contributed by atoms with van der Waals surface area (Å²) < 4.78 is 93.6. The lowest BCUT2D eigenvalue weighted by atomic mass is 9.86. The zero-order valence-corrected chi connectivity index (χ0v) is 18.9. The summed E-state index contributed by atoms with van der Waals surface area (Å²) in [5, 5.41) is 2.69. The fraction of sp³-hybridized carbons (Fsp3) is 0.417. The number of benzene rings is 2. The van der Waals surface area contributed by atoms with E-state index in [9.17, 15) is 40.3 Å². The molecule has 34 heavy (non-hydrogen) atoms. The third kappa shape index (κ3) is 5.42. The Hall–Kier alpha value is -2.91. The third-order valence-electron chi connectivity index (χ3n) is 5.62. The molecule has 0 bridgehead atoms. The minimum absolute atomic E-state index is 0.00371. The average molecular weight is 491 g/mol. The second kappa shape index (κ2) is 9.76. The Labute approximate surface area is 192 Å². The van der Waals surface area contributed by atoms with Crippen molar-refractivity contribution in [3.8, 4) is 0 Å². The minimum Gasteiger partial charge on any atom is -0.350 e. The summed E-state index contributed by atoms with van der Waals surface area (Å²) in [6, 6.07) is 7.04. The molecule has 0 aliphatic carbocycles. The van der Waals surface area contributed by atoms with Gasteiger partial charge in [-0.05, 0) is 42.5 Å². The summed E-state index contributed by atoms with van der Waals surface area (Å²) >= 11 is 0. The number of hydrogen-bond donors (Lipinski definition) is 1. The van der Waals surface area contributed by atoms with E-state index in [2.05, 4.69) is 5.32 Å². The van der Waals surface area contributed by atoms with E-state index in [4.69, 9.17) is 0 Å². The van der Waals surface area contributed by atoms with Gasteiger partial charge in [0, 0.05) is 24.5 Å². The first-order valence-electron chi connectivity index (χ1n) is 10.4. The summed E-state index contributed by atoms with van der Waals surface area (Å²) in [7, 11) is 0. The van der Waals surface area contributed by atoms with Crippen molar-refractivity contribution in [2.75, 3.05) is 0 Å². The normalized spacial score (nSPS) is 13.5. The molecule has 0 aliphatic heterocycles. The van der Waals surface area contributed by atoms with Crippen LogP contribution >= 0.6 is 0 Å². The van der Waals surface area contributed by atoms with Crippen LogP contribution in [0.3, 0.4) is 0 Å². The lowest BCUT2D eigenvalue weighted by molar-refractivity contribution is -0.348. The van der Waals surface area contributed by atoms with Crippen LogP contribution < -0.4 is 5.32 Å².